The molecule has 0 unspecified atom stereocenters. The number of ether oxygens (including phenoxy) is 1. The van der Waals surface area contributed by atoms with E-state index in [-0.39, 0.29) is 12.4 Å². The van der Waals surface area contributed by atoms with E-state index in [1.54, 1.807) is 0 Å². The van der Waals surface area contributed by atoms with Gasteiger partial charge in [-0.1, -0.05) is 70.4 Å². The van der Waals surface area contributed by atoms with Crippen LogP contribution in [-0.2, 0) is 18.0 Å². The first-order chi connectivity index (χ1) is 14.4. The molecule has 4 nitrogen and oxygen atoms in total. The molecule has 2 heterocycles. The summed E-state index contributed by atoms with van der Waals surface area (Å²) in [5.41, 5.74) is 2.60. The fourth-order valence-corrected chi connectivity index (χ4v) is 4.46. The molecule has 0 bridgehead atoms. The van der Waals surface area contributed by atoms with E-state index in [9.17, 15) is 0 Å². The van der Waals surface area contributed by atoms with E-state index in [0.29, 0.717) is 6.73 Å². The van der Waals surface area contributed by atoms with Crippen LogP contribution in [0.1, 0.15) is 77.6 Å². The normalized spacial score (nSPS) is 14.8. The van der Waals surface area contributed by atoms with Crippen LogP contribution in [0.15, 0.2) is 30.6 Å². The van der Waals surface area contributed by atoms with Gasteiger partial charge in [-0.05, 0) is 44.5 Å². The van der Waals surface area contributed by atoms with E-state index in [0.717, 1.165) is 19.7 Å². The fourth-order valence-electron chi connectivity index (χ4n) is 4.46. The number of hydrogen-bond acceptors (Lipinski definition) is 2. The minimum absolute atomic E-state index is 0. The van der Waals surface area contributed by atoms with Crippen molar-refractivity contribution < 1.29 is 21.7 Å². The molecule has 1 fully saturated rings. The van der Waals surface area contributed by atoms with Crippen molar-refractivity contribution in [2.24, 2.45) is 0 Å². The van der Waals surface area contributed by atoms with Gasteiger partial charge in [-0.25, -0.2) is 9.13 Å². The number of unbranched alkanes of at least 4 members (excludes halogenated alkanes) is 7. The average Bonchev–Trinajstić information content (AvgIpc) is 3.12. The molecule has 1 aromatic heterocycles. The number of hydrogen-bond donors (Lipinski definition) is 0. The van der Waals surface area contributed by atoms with E-state index in [1.165, 1.54) is 94.8 Å². The second-order valence-corrected chi connectivity index (χ2v) is 8.68. The topological polar surface area (TPSA) is 21.3 Å². The highest BCUT2D eigenvalue weighted by molar-refractivity contribution is 5.71. The molecule has 1 aromatic carbocycles. The van der Waals surface area contributed by atoms with Crippen molar-refractivity contribution in [1.29, 1.82) is 0 Å². The first-order valence-corrected chi connectivity index (χ1v) is 12.2. The number of rotatable bonds is 14. The van der Waals surface area contributed by atoms with Crippen molar-refractivity contribution in [2.75, 3.05) is 26.2 Å². The summed E-state index contributed by atoms with van der Waals surface area (Å²) in [6.45, 7) is 8.55. The number of fused-ring (bicyclic) bond motifs is 1. The molecule has 0 amide bonds. The largest absolute Gasteiger partial charge is 1.00 e. The Hall–Kier alpha value is -1.10. The van der Waals surface area contributed by atoms with Crippen LogP contribution in [0.4, 0.5) is 0 Å². The molecule has 3 rings (SSSR count). The second kappa shape index (κ2) is 14.8. The van der Waals surface area contributed by atoms with Gasteiger partial charge in [0.15, 0.2) is 17.8 Å². The van der Waals surface area contributed by atoms with Crippen molar-refractivity contribution >= 4 is 11.0 Å². The molecule has 30 heavy (non-hydrogen) atoms. The minimum atomic E-state index is 0. The van der Waals surface area contributed by atoms with Gasteiger partial charge in [-0.3, -0.25) is 4.90 Å². The summed E-state index contributed by atoms with van der Waals surface area (Å²) < 4.78 is 10.7. The molecular weight excluding hydrogens is 394 g/mol. The van der Waals surface area contributed by atoms with Gasteiger partial charge < -0.3 is 17.1 Å². The van der Waals surface area contributed by atoms with Crippen molar-refractivity contribution in [3.05, 3.63) is 30.6 Å². The third kappa shape index (κ3) is 8.20. The van der Waals surface area contributed by atoms with Crippen LogP contribution < -0.4 is 17.0 Å². The Kier molecular flexibility index (Phi) is 12.4. The lowest BCUT2D eigenvalue weighted by atomic mass is 10.1. The molecule has 0 radical (unpaired) electrons. The van der Waals surface area contributed by atoms with Crippen LogP contribution in [0.3, 0.4) is 0 Å². The Bertz CT molecular complexity index is 697. The molecule has 0 N–H and O–H groups in total. The summed E-state index contributed by atoms with van der Waals surface area (Å²) in [7, 11) is 0. The first kappa shape index (κ1) is 25.2. The number of nitrogens with zero attached hydrogens (tertiary/aromatic N) is 3. The molecule has 5 heteroatoms. The lowest BCUT2D eigenvalue weighted by molar-refractivity contribution is -0.710. The van der Waals surface area contributed by atoms with E-state index < -0.39 is 0 Å². The van der Waals surface area contributed by atoms with Crippen LogP contribution in [0.2, 0.25) is 0 Å². The first-order valence-electron chi connectivity index (χ1n) is 12.2. The van der Waals surface area contributed by atoms with Crippen LogP contribution in [0.5, 0.6) is 0 Å². The summed E-state index contributed by atoms with van der Waals surface area (Å²) in [5.74, 6) is 0. The van der Waals surface area contributed by atoms with Crippen molar-refractivity contribution in [3.8, 4) is 0 Å². The van der Waals surface area contributed by atoms with E-state index in [4.69, 9.17) is 4.74 Å². The molecule has 2 aromatic rings. The maximum absolute atomic E-state index is 6.02. The SMILES string of the molecule is CCCCCCCCCCOC[n+]1cn(CCN2CCCCC2)c2ccccc21.[Cl-]. The summed E-state index contributed by atoms with van der Waals surface area (Å²) in [6.07, 6.45) is 17.1. The lowest BCUT2D eigenvalue weighted by Crippen LogP contribution is -3.00. The van der Waals surface area contributed by atoms with Gasteiger partial charge in [-0.15, -0.1) is 0 Å². The van der Waals surface area contributed by atoms with Crippen LogP contribution in [0, 0.1) is 0 Å². The Balaban J connectivity index is 0.00000320. The van der Waals surface area contributed by atoms with Crippen LogP contribution in [0.25, 0.3) is 11.0 Å². The predicted molar refractivity (Wildman–Crippen MR) is 121 cm³/mol. The molecule has 0 spiro atoms. The van der Waals surface area contributed by atoms with Gasteiger partial charge in [0.2, 0.25) is 6.33 Å². The molecule has 0 aliphatic carbocycles. The maximum Gasteiger partial charge on any atom is 0.246 e. The van der Waals surface area contributed by atoms with Crippen molar-refractivity contribution in [3.63, 3.8) is 0 Å². The number of piperidine rings is 1. The molecule has 0 saturated carbocycles. The quantitative estimate of drug-likeness (QED) is 0.336. The zero-order valence-electron chi connectivity index (χ0n) is 19.0. The van der Waals surface area contributed by atoms with Crippen LogP contribution in [-0.4, -0.2) is 35.7 Å². The van der Waals surface area contributed by atoms with Gasteiger partial charge in [0, 0.05) is 6.54 Å². The Morgan fingerprint density at radius 1 is 0.867 bits per heavy atom. The molecule has 170 valence electrons. The smallest absolute Gasteiger partial charge is 0.246 e. The number of imidazole rings is 1. The Morgan fingerprint density at radius 2 is 1.57 bits per heavy atom. The Morgan fingerprint density at radius 3 is 2.33 bits per heavy atom. The Labute approximate surface area is 190 Å². The van der Waals surface area contributed by atoms with Crippen molar-refractivity contribution in [1.82, 2.24) is 9.47 Å². The van der Waals surface area contributed by atoms with E-state index in [1.807, 2.05) is 0 Å². The number of benzene rings is 1. The van der Waals surface area contributed by atoms with Gasteiger partial charge in [0.25, 0.3) is 0 Å². The van der Waals surface area contributed by atoms with E-state index >= 15 is 0 Å². The van der Waals surface area contributed by atoms with Gasteiger partial charge in [0.05, 0.1) is 6.61 Å². The highest BCUT2D eigenvalue weighted by Crippen LogP contribution is 2.13. The molecule has 0 atom stereocenters. The number of para-hydroxylation sites is 2. The van der Waals surface area contributed by atoms with Gasteiger partial charge >= 0.3 is 0 Å². The number of aromatic nitrogens is 2. The summed E-state index contributed by atoms with van der Waals surface area (Å²) in [4.78, 5) is 2.61. The second-order valence-electron chi connectivity index (χ2n) is 8.68. The molecule has 1 aliphatic heterocycles. The highest BCUT2D eigenvalue weighted by atomic mass is 35.5. The molecule has 1 aliphatic rings. The van der Waals surface area contributed by atoms with Crippen LogP contribution >= 0.6 is 0 Å². The van der Waals surface area contributed by atoms with Gasteiger partial charge in [-0.2, -0.15) is 0 Å². The van der Waals surface area contributed by atoms with Crippen molar-refractivity contribution in [2.45, 2.75) is 90.8 Å². The zero-order valence-corrected chi connectivity index (χ0v) is 19.8. The number of likely N-dealkylation sites (tertiary alicyclic amines) is 1. The average molecular weight is 436 g/mol. The third-order valence-electron chi connectivity index (χ3n) is 6.26. The monoisotopic (exact) mass is 435 g/mol. The lowest BCUT2D eigenvalue weighted by Gasteiger charge is -2.25. The molecular formula is C25H42ClN3O. The minimum Gasteiger partial charge on any atom is -1.00 e. The number of halogens is 1. The van der Waals surface area contributed by atoms with Gasteiger partial charge in [0.1, 0.15) is 6.54 Å². The molecule has 1 saturated heterocycles. The highest BCUT2D eigenvalue weighted by Gasteiger charge is 2.17. The zero-order chi connectivity index (χ0) is 20.2. The standard InChI is InChI=1S/C25H42N3O.ClH/c1-2-3-4-5-6-7-8-14-21-29-23-28-22-27(24-15-10-11-16-25(24)28)20-19-26-17-12-9-13-18-26;/h10-11,15-16,22H,2-9,12-14,17-21,23H2,1H3;1H/q+1;/p-1. The maximum atomic E-state index is 6.02. The summed E-state index contributed by atoms with van der Waals surface area (Å²) >= 11 is 0. The van der Waals surface area contributed by atoms with E-state index in [2.05, 4.69) is 51.6 Å². The predicted octanol–water partition coefficient (Wildman–Crippen LogP) is 2.53. The summed E-state index contributed by atoms with van der Waals surface area (Å²) in [6, 6.07) is 8.73. The fraction of sp³-hybridized carbons (Fsp3) is 0.720. The third-order valence-corrected chi connectivity index (χ3v) is 6.26. The summed E-state index contributed by atoms with van der Waals surface area (Å²) in [5, 5.41) is 0.